The van der Waals surface area contributed by atoms with Crippen molar-refractivity contribution in [3.63, 3.8) is 0 Å². The lowest BCUT2D eigenvalue weighted by Gasteiger charge is -2.08. The van der Waals surface area contributed by atoms with E-state index in [-0.39, 0.29) is 0 Å². The molecule has 7 heteroatoms. The van der Waals surface area contributed by atoms with Crippen LogP contribution in [0.15, 0.2) is 46.9 Å². The summed E-state index contributed by atoms with van der Waals surface area (Å²) >= 11 is 15.0. The number of hydrogen-bond acceptors (Lipinski definition) is 3. The third-order valence-corrected chi connectivity index (χ3v) is 3.66. The number of carbonyl (C=O) groups is 2. The maximum Gasteiger partial charge on any atom is 0.338 e. The number of halogens is 3. The van der Waals surface area contributed by atoms with Crippen molar-refractivity contribution in [2.24, 2.45) is 0 Å². The summed E-state index contributed by atoms with van der Waals surface area (Å²) in [4.78, 5) is 23.6. The largest absolute Gasteiger partial charge is 0.452 e. The first-order chi connectivity index (χ1) is 10.5. The van der Waals surface area contributed by atoms with E-state index in [4.69, 9.17) is 27.9 Å². The zero-order valence-electron chi connectivity index (χ0n) is 11.1. The van der Waals surface area contributed by atoms with Crippen molar-refractivity contribution in [3.8, 4) is 0 Å². The number of nitrogens with one attached hydrogen (secondary N) is 1. The summed E-state index contributed by atoms with van der Waals surface area (Å²) in [6, 6.07) is 11.4. The zero-order valence-corrected chi connectivity index (χ0v) is 14.2. The van der Waals surface area contributed by atoms with Crippen molar-refractivity contribution in [2.45, 2.75) is 0 Å². The molecule has 114 valence electrons. The number of carbonyl (C=O) groups excluding carboxylic acids is 2. The molecule has 0 spiro atoms. The second-order valence-corrected chi connectivity index (χ2v) is 6.02. The van der Waals surface area contributed by atoms with Crippen molar-refractivity contribution >= 4 is 56.7 Å². The molecule has 0 aliphatic rings. The highest BCUT2D eigenvalue weighted by atomic mass is 79.9. The number of esters is 1. The van der Waals surface area contributed by atoms with E-state index in [0.717, 1.165) is 4.47 Å². The lowest BCUT2D eigenvalue weighted by atomic mass is 10.2. The lowest BCUT2D eigenvalue weighted by Crippen LogP contribution is -2.21. The van der Waals surface area contributed by atoms with E-state index in [2.05, 4.69) is 21.2 Å². The van der Waals surface area contributed by atoms with E-state index in [1.165, 1.54) is 6.07 Å². The van der Waals surface area contributed by atoms with Crippen molar-refractivity contribution < 1.29 is 14.3 Å². The van der Waals surface area contributed by atoms with Gasteiger partial charge in [-0.3, -0.25) is 4.79 Å². The number of benzene rings is 2. The van der Waals surface area contributed by atoms with Gasteiger partial charge in [0.05, 0.1) is 16.3 Å². The standard InChI is InChI=1S/C15H10BrCl2NO3/c16-10-3-1-2-9(6-10)15(21)22-8-14(20)19-13-7-11(17)4-5-12(13)18/h1-7H,8H2,(H,19,20). The first kappa shape index (κ1) is 16.8. The van der Waals surface area contributed by atoms with Gasteiger partial charge < -0.3 is 10.1 Å². The first-order valence-corrected chi connectivity index (χ1v) is 7.68. The minimum atomic E-state index is -0.589. The monoisotopic (exact) mass is 401 g/mol. The van der Waals surface area contributed by atoms with Crippen LogP contribution >= 0.6 is 39.1 Å². The summed E-state index contributed by atoms with van der Waals surface area (Å²) < 4.78 is 5.69. The SMILES string of the molecule is O=C(COC(=O)c1cccc(Br)c1)Nc1cc(Cl)ccc1Cl. The van der Waals surface area contributed by atoms with Crippen molar-refractivity contribution in [1.29, 1.82) is 0 Å². The predicted octanol–water partition coefficient (Wildman–Crippen LogP) is 4.55. The van der Waals surface area contributed by atoms with Gasteiger partial charge in [-0.2, -0.15) is 0 Å². The quantitative estimate of drug-likeness (QED) is 0.763. The molecule has 0 aromatic heterocycles. The fourth-order valence-corrected chi connectivity index (χ4v) is 2.35. The Labute approximate surface area is 145 Å². The Morgan fingerprint density at radius 2 is 1.91 bits per heavy atom. The highest BCUT2D eigenvalue weighted by Crippen LogP contribution is 2.25. The second-order valence-electron chi connectivity index (χ2n) is 4.26. The summed E-state index contributed by atoms with van der Waals surface area (Å²) in [7, 11) is 0. The maximum atomic E-state index is 11.8. The molecular formula is C15H10BrCl2NO3. The Morgan fingerprint density at radius 1 is 1.14 bits per heavy atom. The van der Waals surface area contributed by atoms with Crippen LogP contribution < -0.4 is 5.32 Å². The zero-order chi connectivity index (χ0) is 16.1. The van der Waals surface area contributed by atoms with Crippen LogP contribution in [0.5, 0.6) is 0 Å². The van der Waals surface area contributed by atoms with Gasteiger partial charge in [-0.1, -0.05) is 45.2 Å². The van der Waals surface area contributed by atoms with Gasteiger partial charge in [0, 0.05) is 9.50 Å². The molecule has 0 saturated carbocycles. The van der Waals surface area contributed by atoms with E-state index in [1.807, 2.05) is 0 Å². The van der Waals surface area contributed by atoms with Gasteiger partial charge in [0.2, 0.25) is 0 Å². The van der Waals surface area contributed by atoms with Crippen molar-refractivity contribution in [2.75, 3.05) is 11.9 Å². The molecule has 0 bridgehead atoms. The fourth-order valence-electron chi connectivity index (χ4n) is 1.61. The molecule has 0 aliphatic carbocycles. The number of ether oxygens (including phenoxy) is 1. The van der Waals surface area contributed by atoms with Crippen LogP contribution in [-0.2, 0) is 9.53 Å². The summed E-state index contributed by atoms with van der Waals surface area (Å²) in [5.41, 5.74) is 0.709. The summed E-state index contributed by atoms with van der Waals surface area (Å²) in [5, 5.41) is 3.31. The topological polar surface area (TPSA) is 55.4 Å². The van der Waals surface area contributed by atoms with Crippen LogP contribution in [0.4, 0.5) is 5.69 Å². The molecule has 2 aromatic carbocycles. The summed E-state index contributed by atoms with van der Waals surface area (Å²) in [6.45, 7) is -0.422. The second kappa shape index (κ2) is 7.63. The molecular weight excluding hydrogens is 393 g/mol. The van der Waals surface area contributed by atoms with Crippen molar-refractivity contribution in [1.82, 2.24) is 0 Å². The molecule has 0 saturated heterocycles. The van der Waals surface area contributed by atoms with Gasteiger partial charge >= 0.3 is 5.97 Å². The first-order valence-electron chi connectivity index (χ1n) is 6.13. The van der Waals surface area contributed by atoms with E-state index in [9.17, 15) is 9.59 Å². The third-order valence-electron chi connectivity index (χ3n) is 2.60. The number of anilines is 1. The molecule has 22 heavy (non-hydrogen) atoms. The smallest absolute Gasteiger partial charge is 0.338 e. The normalized spacial score (nSPS) is 10.1. The van der Waals surface area contributed by atoms with E-state index in [1.54, 1.807) is 36.4 Å². The van der Waals surface area contributed by atoms with Crippen LogP contribution in [-0.4, -0.2) is 18.5 Å². The lowest BCUT2D eigenvalue weighted by molar-refractivity contribution is -0.119. The molecule has 0 radical (unpaired) electrons. The molecule has 4 nitrogen and oxygen atoms in total. The Kier molecular flexibility index (Phi) is 5.83. The van der Waals surface area contributed by atoms with Crippen LogP contribution in [0.1, 0.15) is 10.4 Å². The summed E-state index contributed by atoms with van der Waals surface area (Å²) in [5.74, 6) is -1.10. The van der Waals surface area contributed by atoms with Gasteiger partial charge in [0.25, 0.3) is 5.91 Å². The molecule has 0 aliphatic heterocycles. The summed E-state index contributed by atoms with van der Waals surface area (Å²) in [6.07, 6.45) is 0. The van der Waals surface area contributed by atoms with E-state index >= 15 is 0 Å². The fraction of sp³-hybridized carbons (Fsp3) is 0.0667. The average Bonchev–Trinajstić information content (AvgIpc) is 2.48. The molecule has 0 fully saturated rings. The van der Waals surface area contributed by atoms with Gasteiger partial charge in [0.15, 0.2) is 6.61 Å². The van der Waals surface area contributed by atoms with Crippen LogP contribution in [0.3, 0.4) is 0 Å². The highest BCUT2D eigenvalue weighted by molar-refractivity contribution is 9.10. The number of rotatable bonds is 4. The number of hydrogen-bond donors (Lipinski definition) is 1. The molecule has 2 rings (SSSR count). The number of amides is 1. The molecule has 0 atom stereocenters. The van der Waals surface area contributed by atoms with Gasteiger partial charge in [-0.25, -0.2) is 4.79 Å². The van der Waals surface area contributed by atoms with Gasteiger partial charge in [-0.05, 0) is 36.4 Å². The van der Waals surface area contributed by atoms with Gasteiger partial charge in [-0.15, -0.1) is 0 Å². The van der Waals surface area contributed by atoms with Crippen LogP contribution in [0.25, 0.3) is 0 Å². The highest BCUT2D eigenvalue weighted by Gasteiger charge is 2.12. The minimum Gasteiger partial charge on any atom is -0.452 e. The molecule has 2 aromatic rings. The van der Waals surface area contributed by atoms with E-state index in [0.29, 0.717) is 21.3 Å². The Balaban J connectivity index is 1.93. The predicted molar refractivity (Wildman–Crippen MR) is 89.5 cm³/mol. The molecule has 0 unspecified atom stereocenters. The van der Waals surface area contributed by atoms with Crippen LogP contribution in [0, 0.1) is 0 Å². The minimum absolute atomic E-state index is 0.344. The maximum absolute atomic E-state index is 11.8. The molecule has 1 amide bonds. The molecule has 1 N–H and O–H groups in total. The Morgan fingerprint density at radius 3 is 2.64 bits per heavy atom. The molecule has 0 heterocycles. The average molecular weight is 403 g/mol. The Hall–Kier alpha value is -1.56. The van der Waals surface area contributed by atoms with Crippen LogP contribution in [0.2, 0.25) is 10.0 Å². The van der Waals surface area contributed by atoms with Crippen molar-refractivity contribution in [3.05, 3.63) is 62.5 Å². The third kappa shape index (κ3) is 4.73. The van der Waals surface area contributed by atoms with Gasteiger partial charge in [0.1, 0.15) is 0 Å². The van der Waals surface area contributed by atoms with E-state index < -0.39 is 18.5 Å². The Bertz CT molecular complexity index is 722.